The van der Waals surface area contributed by atoms with Gasteiger partial charge in [-0.1, -0.05) is 355 Å². The first-order valence-corrected chi connectivity index (χ1v) is 37.6. The fourth-order valence-electron chi connectivity index (χ4n) is 10.0. The van der Waals surface area contributed by atoms with E-state index in [0.29, 0.717) is 12.8 Å². The molecule has 0 spiro atoms. The summed E-state index contributed by atoms with van der Waals surface area (Å²) in [5.41, 5.74) is 0. The number of hydrogen-bond donors (Lipinski definition) is 1. The highest BCUT2D eigenvalue weighted by Gasteiger charge is 2.16. The minimum Gasteiger partial charge on any atom is -0.462 e. The van der Waals surface area contributed by atoms with Crippen molar-refractivity contribution < 1.29 is 24.2 Å². The van der Waals surface area contributed by atoms with Crippen LogP contribution in [0.3, 0.4) is 0 Å². The van der Waals surface area contributed by atoms with Crippen LogP contribution in [0, 0.1) is 0 Å². The number of unbranched alkanes of at least 4 members (excludes halogenated alkanes) is 25. The van der Waals surface area contributed by atoms with Crippen LogP contribution in [0.25, 0.3) is 0 Å². The van der Waals surface area contributed by atoms with E-state index < -0.39 is 6.10 Å². The van der Waals surface area contributed by atoms with E-state index in [0.717, 1.165) is 148 Å². The topological polar surface area (TPSA) is 72.8 Å². The lowest BCUT2D eigenvalue weighted by atomic mass is 10.0. The Labute approximate surface area is 568 Å². The molecule has 0 aromatic carbocycles. The van der Waals surface area contributed by atoms with E-state index in [4.69, 9.17) is 9.47 Å². The van der Waals surface area contributed by atoms with Crippen LogP contribution in [0.5, 0.6) is 0 Å². The highest BCUT2D eigenvalue weighted by Crippen LogP contribution is 2.16. The Morgan fingerprint density at radius 2 is 0.435 bits per heavy atom. The lowest BCUT2D eigenvalue weighted by Crippen LogP contribution is -2.28. The van der Waals surface area contributed by atoms with Gasteiger partial charge in [0, 0.05) is 12.8 Å². The number of ether oxygens (including phenoxy) is 2. The Morgan fingerprint density at radius 1 is 0.250 bits per heavy atom. The van der Waals surface area contributed by atoms with Crippen molar-refractivity contribution in [2.75, 3.05) is 13.2 Å². The second-order valence-corrected chi connectivity index (χ2v) is 24.3. The SMILES string of the molecule is CC/C=C\C/C=C\C/C=C\C/C=C\C/C=C\C/C=C\C/C=C\C/C=C\C/C=C\C/C=C\CCCCCCCCCCCCC(=O)OC(CO)COC(=O)CCCCCCCCCCCCCCCCC/C=C\C/C=C\C/C=C\C/C=C\C/C=C\C/C=C\C/C=C\CC. The Bertz CT molecular complexity index is 2120. The second kappa shape index (κ2) is 79.7. The average Bonchev–Trinajstić information content (AvgIpc) is 3.64. The number of allylic oxidation sites excluding steroid dienone is 34. The van der Waals surface area contributed by atoms with E-state index in [9.17, 15) is 14.7 Å². The van der Waals surface area contributed by atoms with Crippen molar-refractivity contribution in [3.05, 3.63) is 207 Å². The maximum atomic E-state index is 12.4. The zero-order valence-electron chi connectivity index (χ0n) is 59.2. The van der Waals surface area contributed by atoms with E-state index in [1.165, 1.54) is 135 Å². The third-order valence-electron chi connectivity index (χ3n) is 15.6. The molecule has 0 amide bonds. The summed E-state index contributed by atoms with van der Waals surface area (Å²) >= 11 is 0. The predicted molar refractivity (Wildman–Crippen MR) is 407 cm³/mol. The maximum absolute atomic E-state index is 12.4. The molecular formula is C87H138O5. The van der Waals surface area contributed by atoms with E-state index in [2.05, 4.69) is 220 Å². The van der Waals surface area contributed by atoms with Gasteiger partial charge in [-0.2, -0.15) is 0 Å². The summed E-state index contributed by atoms with van der Waals surface area (Å²) in [5.74, 6) is -0.600. The minimum atomic E-state index is -0.790. The number of esters is 2. The molecule has 0 fully saturated rings. The van der Waals surface area contributed by atoms with Gasteiger partial charge in [-0.25, -0.2) is 0 Å². The summed E-state index contributed by atoms with van der Waals surface area (Å²) in [7, 11) is 0. The van der Waals surface area contributed by atoms with Crippen LogP contribution in [0.2, 0.25) is 0 Å². The summed E-state index contributed by atoms with van der Waals surface area (Å²) in [6.07, 6.45) is 127. The minimum absolute atomic E-state index is 0.0771. The normalized spacial score (nSPS) is 13.5. The van der Waals surface area contributed by atoms with Gasteiger partial charge in [-0.05, 0) is 148 Å². The molecule has 0 aliphatic heterocycles. The summed E-state index contributed by atoms with van der Waals surface area (Å²) < 4.78 is 10.8. The summed E-state index contributed by atoms with van der Waals surface area (Å²) in [6.45, 7) is 3.91. The van der Waals surface area contributed by atoms with Gasteiger partial charge < -0.3 is 14.6 Å². The number of carbonyl (C=O) groups excluding carboxylic acids is 2. The van der Waals surface area contributed by atoms with Crippen molar-refractivity contribution in [2.24, 2.45) is 0 Å². The van der Waals surface area contributed by atoms with Gasteiger partial charge in [-0.3, -0.25) is 9.59 Å². The molecule has 1 unspecified atom stereocenters. The zero-order chi connectivity index (χ0) is 66.1. The molecule has 0 aromatic heterocycles. The third-order valence-corrected chi connectivity index (χ3v) is 15.6. The Hall–Kier alpha value is -5.52. The predicted octanol–water partition coefficient (Wildman–Crippen LogP) is 26.9. The van der Waals surface area contributed by atoms with Crippen LogP contribution in [-0.2, 0) is 19.1 Å². The molecular weight excluding hydrogens is 1120 g/mol. The molecule has 92 heavy (non-hydrogen) atoms. The molecule has 1 atom stereocenters. The van der Waals surface area contributed by atoms with Crippen molar-refractivity contribution in [1.82, 2.24) is 0 Å². The number of aliphatic hydroxyl groups excluding tert-OH is 1. The van der Waals surface area contributed by atoms with Crippen LogP contribution >= 0.6 is 0 Å². The molecule has 0 rings (SSSR count). The molecule has 1 N–H and O–H groups in total. The van der Waals surface area contributed by atoms with E-state index in [-0.39, 0.29) is 25.2 Å². The number of carbonyl (C=O) groups is 2. The van der Waals surface area contributed by atoms with Gasteiger partial charge in [0.05, 0.1) is 6.61 Å². The standard InChI is InChI=1S/C87H138O5/c1-3-5-7-9-11-13-15-17-19-21-23-25-27-29-31-33-35-37-39-41-42-43-44-46-48-50-52-54-56-58-60-62-64-66-68-70-72-74-76-78-80-82-87(90)92-85(83-88)84-91-86(89)81-79-77-75-73-71-69-67-65-63-61-59-57-55-53-51-49-47-45-40-38-36-34-32-30-28-26-24-22-20-18-16-14-12-10-8-6-4-2/h5-8,11-14,17-20,23-26,29-32,35-38,41-42,44-47,50,52,56,58,85,88H,3-4,9-10,15-16,21-22,27-28,33-34,39-40,43,48-49,51,53-55,57,59-84H2,1-2H3/b7-5-,8-6-,13-11-,14-12-,19-17-,20-18-,25-23-,26-24-,31-29-,32-30-,37-35-,38-36-,42-41-,46-44-,47-45-,52-50-,58-56-. The molecule has 5 heteroatoms. The molecule has 0 saturated carbocycles. The molecule has 0 aromatic rings. The monoisotopic (exact) mass is 1260 g/mol. The van der Waals surface area contributed by atoms with Gasteiger partial charge in [0.15, 0.2) is 6.10 Å². The fraction of sp³-hybridized carbons (Fsp3) is 0.586. The average molecular weight is 1260 g/mol. The van der Waals surface area contributed by atoms with Crippen LogP contribution in [0.1, 0.15) is 309 Å². The van der Waals surface area contributed by atoms with Gasteiger partial charge in [0.2, 0.25) is 0 Å². The van der Waals surface area contributed by atoms with Crippen molar-refractivity contribution in [3.8, 4) is 0 Å². The molecule has 0 saturated heterocycles. The molecule has 516 valence electrons. The number of rotatable bonds is 67. The van der Waals surface area contributed by atoms with Crippen LogP contribution in [0.15, 0.2) is 207 Å². The lowest BCUT2D eigenvalue weighted by Gasteiger charge is -2.15. The first-order chi connectivity index (χ1) is 45.6. The highest BCUT2D eigenvalue weighted by molar-refractivity contribution is 5.70. The second-order valence-electron chi connectivity index (χ2n) is 24.3. The largest absolute Gasteiger partial charge is 0.462 e. The smallest absolute Gasteiger partial charge is 0.306 e. The summed E-state index contributed by atoms with van der Waals surface area (Å²) in [6, 6.07) is 0. The molecule has 0 aliphatic carbocycles. The highest BCUT2D eigenvalue weighted by atomic mass is 16.6. The molecule has 0 heterocycles. The molecule has 0 bridgehead atoms. The van der Waals surface area contributed by atoms with E-state index >= 15 is 0 Å². The Balaban J connectivity index is 3.56. The maximum Gasteiger partial charge on any atom is 0.306 e. The fourth-order valence-corrected chi connectivity index (χ4v) is 10.0. The third kappa shape index (κ3) is 76.9. The van der Waals surface area contributed by atoms with Crippen LogP contribution in [-0.4, -0.2) is 36.4 Å². The van der Waals surface area contributed by atoms with E-state index in [1.54, 1.807) is 0 Å². The van der Waals surface area contributed by atoms with Crippen LogP contribution < -0.4 is 0 Å². The van der Waals surface area contributed by atoms with Gasteiger partial charge in [-0.15, -0.1) is 0 Å². The summed E-state index contributed by atoms with van der Waals surface area (Å²) in [5, 5.41) is 9.72. The zero-order valence-corrected chi connectivity index (χ0v) is 59.2. The first kappa shape index (κ1) is 86.5. The lowest BCUT2D eigenvalue weighted by molar-refractivity contribution is -0.161. The summed E-state index contributed by atoms with van der Waals surface area (Å²) in [4.78, 5) is 24.7. The Morgan fingerprint density at radius 3 is 0.652 bits per heavy atom. The Kier molecular flexibility index (Phi) is 74.9. The van der Waals surface area contributed by atoms with Crippen LogP contribution in [0.4, 0.5) is 0 Å². The van der Waals surface area contributed by atoms with Gasteiger partial charge >= 0.3 is 11.9 Å². The van der Waals surface area contributed by atoms with Crippen molar-refractivity contribution in [1.29, 1.82) is 0 Å². The first-order valence-electron chi connectivity index (χ1n) is 37.6. The van der Waals surface area contributed by atoms with Gasteiger partial charge in [0.25, 0.3) is 0 Å². The molecule has 5 nitrogen and oxygen atoms in total. The van der Waals surface area contributed by atoms with Crippen molar-refractivity contribution in [3.63, 3.8) is 0 Å². The van der Waals surface area contributed by atoms with Gasteiger partial charge in [0.1, 0.15) is 6.61 Å². The molecule has 0 radical (unpaired) electrons. The molecule has 0 aliphatic rings. The number of aliphatic hydroxyl groups is 1. The van der Waals surface area contributed by atoms with E-state index in [1.807, 2.05) is 0 Å². The van der Waals surface area contributed by atoms with Crippen molar-refractivity contribution >= 4 is 11.9 Å². The van der Waals surface area contributed by atoms with Crippen molar-refractivity contribution in [2.45, 2.75) is 315 Å². The quantitative estimate of drug-likeness (QED) is 0.0373. The number of hydrogen-bond acceptors (Lipinski definition) is 5.